The summed E-state index contributed by atoms with van der Waals surface area (Å²) >= 11 is 3.53. The third kappa shape index (κ3) is 2.18. The molecule has 1 N–H and O–H groups in total. The Hall–Kier alpha value is -0.340. The highest BCUT2D eigenvalue weighted by molar-refractivity contribution is 9.10. The monoisotopic (exact) mass is 253 g/mol. The predicted octanol–water partition coefficient (Wildman–Crippen LogP) is 3.16. The van der Waals surface area contributed by atoms with Crippen LogP contribution in [-0.2, 0) is 0 Å². The van der Waals surface area contributed by atoms with E-state index in [4.69, 9.17) is 0 Å². The van der Waals surface area contributed by atoms with E-state index >= 15 is 0 Å². The van der Waals surface area contributed by atoms with Crippen molar-refractivity contribution in [2.75, 3.05) is 13.1 Å². The number of nitrogens with one attached hydrogen (secondary N) is 1. The fraction of sp³-hybridized carbons (Fsp3) is 0.500. The van der Waals surface area contributed by atoms with Crippen LogP contribution in [0.15, 0.2) is 28.7 Å². The normalized spacial score (nSPS) is 27.6. The Morgan fingerprint density at radius 1 is 1.43 bits per heavy atom. The van der Waals surface area contributed by atoms with Gasteiger partial charge in [0.15, 0.2) is 0 Å². The first-order valence-electron chi connectivity index (χ1n) is 5.23. The summed E-state index contributed by atoms with van der Waals surface area (Å²) < 4.78 is 1.19. The standard InChI is InChI=1S/C12H16BrN/c1-9-5-6-14-8-12(9)10-3-2-4-11(13)7-10/h2-4,7,9,12,14H,5-6,8H2,1H3. The van der Waals surface area contributed by atoms with Gasteiger partial charge in [-0.3, -0.25) is 0 Å². The molecule has 2 rings (SSSR count). The van der Waals surface area contributed by atoms with Gasteiger partial charge >= 0.3 is 0 Å². The van der Waals surface area contributed by atoms with Crippen LogP contribution in [0.4, 0.5) is 0 Å². The number of rotatable bonds is 1. The van der Waals surface area contributed by atoms with Gasteiger partial charge in [-0.05, 0) is 42.5 Å². The van der Waals surface area contributed by atoms with Crippen molar-refractivity contribution in [2.24, 2.45) is 5.92 Å². The first-order chi connectivity index (χ1) is 6.77. The zero-order chi connectivity index (χ0) is 9.97. The van der Waals surface area contributed by atoms with E-state index in [0.717, 1.165) is 12.5 Å². The smallest absolute Gasteiger partial charge is 0.0178 e. The Labute approximate surface area is 94.0 Å². The predicted molar refractivity (Wildman–Crippen MR) is 63.5 cm³/mol. The summed E-state index contributed by atoms with van der Waals surface area (Å²) in [7, 11) is 0. The molecule has 1 aromatic carbocycles. The Morgan fingerprint density at radius 2 is 2.29 bits per heavy atom. The molecule has 0 amide bonds. The van der Waals surface area contributed by atoms with Gasteiger partial charge in [0, 0.05) is 11.0 Å². The zero-order valence-electron chi connectivity index (χ0n) is 8.46. The Kier molecular flexibility index (Phi) is 3.24. The van der Waals surface area contributed by atoms with Gasteiger partial charge in [-0.2, -0.15) is 0 Å². The molecule has 0 aliphatic carbocycles. The first-order valence-corrected chi connectivity index (χ1v) is 6.03. The second-order valence-electron chi connectivity index (χ2n) is 4.13. The molecule has 0 radical (unpaired) electrons. The van der Waals surface area contributed by atoms with Gasteiger partial charge in [0.05, 0.1) is 0 Å². The molecule has 14 heavy (non-hydrogen) atoms. The molecule has 1 aliphatic rings. The van der Waals surface area contributed by atoms with E-state index in [2.05, 4.69) is 52.4 Å². The van der Waals surface area contributed by atoms with Crippen molar-refractivity contribution in [3.8, 4) is 0 Å². The average molecular weight is 254 g/mol. The van der Waals surface area contributed by atoms with E-state index in [1.165, 1.54) is 23.0 Å². The van der Waals surface area contributed by atoms with E-state index in [1.54, 1.807) is 0 Å². The Balaban J connectivity index is 2.20. The fourth-order valence-electron chi connectivity index (χ4n) is 2.17. The van der Waals surface area contributed by atoms with Crippen LogP contribution in [0.3, 0.4) is 0 Å². The largest absolute Gasteiger partial charge is 0.316 e. The molecule has 2 heteroatoms. The summed E-state index contributed by atoms with van der Waals surface area (Å²) in [5.41, 5.74) is 1.46. The lowest BCUT2D eigenvalue weighted by atomic mass is 9.83. The van der Waals surface area contributed by atoms with Gasteiger partial charge in [0.1, 0.15) is 0 Å². The molecular formula is C12H16BrN. The molecule has 0 saturated carbocycles. The molecule has 2 atom stereocenters. The molecule has 1 heterocycles. The second-order valence-corrected chi connectivity index (χ2v) is 5.05. The van der Waals surface area contributed by atoms with Crippen LogP contribution < -0.4 is 5.32 Å². The third-order valence-electron chi connectivity index (χ3n) is 3.10. The average Bonchev–Trinajstić information content (AvgIpc) is 2.18. The minimum atomic E-state index is 0.682. The first kappa shape index (κ1) is 10.2. The quantitative estimate of drug-likeness (QED) is 0.811. The van der Waals surface area contributed by atoms with Gasteiger partial charge in [0.25, 0.3) is 0 Å². The highest BCUT2D eigenvalue weighted by Crippen LogP contribution is 2.30. The number of piperidine rings is 1. The molecule has 1 nitrogen and oxygen atoms in total. The number of hydrogen-bond acceptors (Lipinski definition) is 1. The summed E-state index contributed by atoms with van der Waals surface area (Å²) in [5.74, 6) is 1.48. The lowest BCUT2D eigenvalue weighted by Gasteiger charge is -2.30. The van der Waals surface area contributed by atoms with E-state index < -0.39 is 0 Å². The van der Waals surface area contributed by atoms with Crippen LogP contribution in [0, 0.1) is 5.92 Å². The lowest BCUT2D eigenvalue weighted by molar-refractivity contribution is 0.348. The molecule has 1 aromatic rings. The minimum absolute atomic E-state index is 0.682. The number of halogens is 1. The molecule has 0 aromatic heterocycles. The lowest BCUT2D eigenvalue weighted by Crippen LogP contribution is -2.33. The van der Waals surface area contributed by atoms with Gasteiger partial charge in [-0.15, -0.1) is 0 Å². The van der Waals surface area contributed by atoms with E-state index in [9.17, 15) is 0 Å². The molecule has 0 bridgehead atoms. The summed E-state index contributed by atoms with van der Waals surface area (Å²) in [5, 5.41) is 3.47. The minimum Gasteiger partial charge on any atom is -0.316 e. The van der Waals surface area contributed by atoms with Crippen LogP contribution in [0.2, 0.25) is 0 Å². The number of benzene rings is 1. The maximum Gasteiger partial charge on any atom is 0.0178 e. The molecule has 1 fully saturated rings. The van der Waals surface area contributed by atoms with Crippen LogP contribution in [0.25, 0.3) is 0 Å². The molecule has 1 saturated heterocycles. The van der Waals surface area contributed by atoms with Crippen LogP contribution in [0.1, 0.15) is 24.8 Å². The van der Waals surface area contributed by atoms with Gasteiger partial charge in [-0.25, -0.2) is 0 Å². The van der Waals surface area contributed by atoms with E-state index in [-0.39, 0.29) is 0 Å². The van der Waals surface area contributed by atoms with Gasteiger partial charge in [0.2, 0.25) is 0 Å². The summed E-state index contributed by atoms with van der Waals surface area (Å²) in [6.45, 7) is 4.65. The van der Waals surface area contributed by atoms with Crippen molar-refractivity contribution >= 4 is 15.9 Å². The SMILES string of the molecule is CC1CCNCC1c1cccc(Br)c1. The molecule has 1 aliphatic heterocycles. The van der Waals surface area contributed by atoms with E-state index in [1.807, 2.05) is 0 Å². The highest BCUT2D eigenvalue weighted by atomic mass is 79.9. The van der Waals surface area contributed by atoms with Crippen LogP contribution in [-0.4, -0.2) is 13.1 Å². The fourth-order valence-corrected chi connectivity index (χ4v) is 2.59. The molecule has 0 spiro atoms. The Bertz CT molecular complexity index is 311. The van der Waals surface area contributed by atoms with Crippen molar-refractivity contribution < 1.29 is 0 Å². The Morgan fingerprint density at radius 3 is 3.00 bits per heavy atom. The second kappa shape index (κ2) is 4.45. The van der Waals surface area contributed by atoms with Crippen molar-refractivity contribution in [3.63, 3.8) is 0 Å². The molecular weight excluding hydrogens is 238 g/mol. The maximum absolute atomic E-state index is 3.53. The van der Waals surface area contributed by atoms with Crippen molar-refractivity contribution in [1.29, 1.82) is 0 Å². The van der Waals surface area contributed by atoms with Crippen molar-refractivity contribution in [1.82, 2.24) is 5.32 Å². The summed E-state index contributed by atoms with van der Waals surface area (Å²) in [6.07, 6.45) is 1.29. The van der Waals surface area contributed by atoms with Gasteiger partial charge in [-0.1, -0.05) is 35.0 Å². The topological polar surface area (TPSA) is 12.0 Å². The van der Waals surface area contributed by atoms with Crippen molar-refractivity contribution in [2.45, 2.75) is 19.3 Å². The van der Waals surface area contributed by atoms with E-state index in [0.29, 0.717) is 5.92 Å². The van der Waals surface area contributed by atoms with Crippen LogP contribution in [0.5, 0.6) is 0 Å². The molecule has 2 unspecified atom stereocenters. The van der Waals surface area contributed by atoms with Crippen LogP contribution >= 0.6 is 15.9 Å². The summed E-state index contributed by atoms with van der Waals surface area (Å²) in [4.78, 5) is 0. The summed E-state index contributed by atoms with van der Waals surface area (Å²) in [6, 6.07) is 8.69. The third-order valence-corrected chi connectivity index (χ3v) is 3.60. The van der Waals surface area contributed by atoms with Gasteiger partial charge < -0.3 is 5.32 Å². The van der Waals surface area contributed by atoms with Crippen molar-refractivity contribution in [3.05, 3.63) is 34.3 Å². The number of hydrogen-bond donors (Lipinski definition) is 1. The maximum atomic E-state index is 3.53. The zero-order valence-corrected chi connectivity index (χ0v) is 10.0. The highest BCUT2D eigenvalue weighted by Gasteiger charge is 2.22. The molecule has 76 valence electrons.